The largest absolute Gasteiger partial charge is 0.417 e. The third kappa shape index (κ3) is 2.28. The van der Waals surface area contributed by atoms with E-state index in [1.807, 2.05) is 18.2 Å². The molecule has 4 heteroatoms. The molecule has 1 unspecified atom stereocenters. The Morgan fingerprint density at radius 2 is 2.33 bits per heavy atom. The quantitative estimate of drug-likeness (QED) is 0.871. The van der Waals surface area contributed by atoms with E-state index in [1.165, 1.54) is 25.7 Å². The number of aromatic amines is 1. The first-order valence-electron chi connectivity index (χ1n) is 6.60. The number of hydrogen-bond donors (Lipinski definition) is 2. The van der Waals surface area contributed by atoms with E-state index in [0.717, 1.165) is 17.1 Å². The van der Waals surface area contributed by atoms with Gasteiger partial charge in [-0.25, -0.2) is 4.79 Å². The van der Waals surface area contributed by atoms with Crippen LogP contribution in [0.15, 0.2) is 27.4 Å². The van der Waals surface area contributed by atoms with Crippen LogP contribution in [0.3, 0.4) is 0 Å². The summed E-state index contributed by atoms with van der Waals surface area (Å²) in [5, 5.41) is 3.48. The molecule has 3 rings (SSSR count). The summed E-state index contributed by atoms with van der Waals surface area (Å²) in [6, 6.07) is 6.17. The van der Waals surface area contributed by atoms with Crippen molar-refractivity contribution >= 4 is 16.8 Å². The molecule has 1 saturated carbocycles. The fourth-order valence-corrected chi connectivity index (χ4v) is 2.61. The molecule has 1 aromatic carbocycles. The number of nitrogens with one attached hydrogen (secondary N) is 2. The van der Waals surface area contributed by atoms with Gasteiger partial charge in [-0.2, -0.15) is 0 Å². The highest BCUT2D eigenvalue weighted by atomic mass is 16.4. The molecule has 0 aliphatic heterocycles. The average molecular weight is 246 g/mol. The number of oxazole rings is 1. The van der Waals surface area contributed by atoms with Gasteiger partial charge in [0.1, 0.15) is 0 Å². The second-order valence-corrected chi connectivity index (χ2v) is 5.30. The van der Waals surface area contributed by atoms with Crippen molar-refractivity contribution in [2.24, 2.45) is 5.92 Å². The minimum absolute atomic E-state index is 0.398. The minimum atomic E-state index is -0.398. The van der Waals surface area contributed by atoms with Crippen LogP contribution in [0.2, 0.25) is 0 Å². The molecule has 4 nitrogen and oxygen atoms in total. The van der Waals surface area contributed by atoms with Crippen molar-refractivity contribution in [2.45, 2.75) is 38.6 Å². The molecule has 1 atom stereocenters. The zero-order valence-corrected chi connectivity index (χ0v) is 10.5. The monoisotopic (exact) mass is 246 g/mol. The summed E-state index contributed by atoms with van der Waals surface area (Å²) < 4.78 is 4.98. The predicted octanol–water partition coefficient (Wildman–Crippen LogP) is 3.11. The lowest BCUT2D eigenvalue weighted by molar-refractivity contribution is 0.286. The van der Waals surface area contributed by atoms with E-state index in [4.69, 9.17) is 4.42 Å². The van der Waals surface area contributed by atoms with Gasteiger partial charge in [0.25, 0.3) is 0 Å². The van der Waals surface area contributed by atoms with Crippen molar-refractivity contribution in [1.29, 1.82) is 0 Å². The van der Waals surface area contributed by atoms with E-state index in [1.54, 1.807) is 0 Å². The maximum Gasteiger partial charge on any atom is 0.417 e. The summed E-state index contributed by atoms with van der Waals surface area (Å²) in [7, 11) is 0. The van der Waals surface area contributed by atoms with E-state index < -0.39 is 5.76 Å². The Kier molecular flexibility index (Phi) is 2.86. The van der Waals surface area contributed by atoms with Crippen molar-refractivity contribution in [3.63, 3.8) is 0 Å². The highest BCUT2D eigenvalue weighted by Crippen LogP contribution is 2.31. The normalized spacial score (nSPS) is 17.6. The molecular formula is C14H18N2O2. The van der Waals surface area contributed by atoms with Crippen molar-refractivity contribution < 1.29 is 4.42 Å². The van der Waals surface area contributed by atoms with Gasteiger partial charge in [-0.1, -0.05) is 19.3 Å². The SMILES string of the molecule is CC(CC1CCC1)Nc1ccc2oc(=O)[nH]c2c1. The third-order valence-electron chi connectivity index (χ3n) is 3.74. The number of fused-ring (bicyclic) bond motifs is 1. The Labute approximate surface area is 105 Å². The zero-order chi connectivity index (χ0) is 12.5. The standard InChI is InChI=1S/C14H18N2O2/c1-9(7-10-3-2-4-10)15-11-5-6-13-12(8-11)16-14(17)18-13/h5-6,8-10,15H,2-4,7H2,1H3,(H,16,17). The number of H-pyrrole nitrogens is 1. The van der Waals surface area contributed by atoms with Crippen LogP contribution in [0.1, 0.15) is 32.6 Å². The van der Waals surface area contributed by atoms with Crippen LogP contribution in [0.4, 0.5) is 5.69 Å². The molecule has 0 saturated heterocycles. The Bertz CT molecular complexity index is 595. The molecular weight excluding hydrogens is 228 g/mol. The zero-order valence-electron chi connectivity index (χ0n) is 10.5. The van der Waals surface area contributed by atoms with Gasteiger partial charge in [-0.3, -0.25) is 4.98 Å². The molecule has 0 spiro atoms. The molecule has 2 aromatic rings. The second-order valence-electron chi connectivity index (χ2n) is 5.30. The molecule has 0 amide bonds. The molecule has 96 valence electrons. The second kappa shape index (κ2) is 4.52. The molecule has 0 bridgehead atoms. The Hall–Kier alpha value is -1.71. The van der Waals surface area contributed by atoms with E-state index in [-0.39, 0.29) is 0 Å². The van der Waals surface area contributed by atoms with E-state index in [0.29, 0.717) is 11.6 Å². The lowest BCUT2D eigenvalue weighted by atomic mass is 9.81. The first-order chi connectivity index (χ1) is 8.70. The number of benzene rings is 1. The van der Waals surface area contributed by atoms with E-state index in [9.17, 15) is 4.79 Å². The third-order valence-corrected chi connectivity index (χ3v) is 3.74. The first-order valence-corrected chi connectivity index (χ1v) is 6.60. The molecule has 18 heavy (non-hydrogen) atoms. The van der Waals surface area contributed by atoms with Gasteiger partial charge in [0, 0.05) is 11.7 Å². The van der Waals surface area contributed by atoms with Crippen LogP contribution in [-0.2, 0) is 0 Å². The summed E-state index contributed by atoms with van der Waals surface area (Å²) in [4.78, 5) is 13.7. The van der Waals surface area contributed by atoms with Crippen molar-refractivity contribution in [3.05, 3.63) is 28.7 Å². The predicted molar refractivity (Wildman–Crippen MR) is 71.9 cm³/mol. The van der Waals surface area contributed by atoms with Crippen LogP contribution in [0, 0.1) is 5.92 Å². The maximum absolute atomic E-state index is 11.1. The minimum Gasteiger partial charge on any atom is -0.408 e. The number of rotatable bonds is 4. The van der Waals surface area contributed by atoms with Crippen LogP contribution in [-0.4, -0.2) is 11.0 Å². The van der Waals surface area contributed by atoms with Gasteiger partial charge < -0.3 is 9.73 Å². The summed E-state index contributed by atoms with van der Waals surface area (Å²) >= 11 is 0. The highest BCUT2D eigenvalue weighted by molar-refractivity contribution is 5.76. The summed E-state index contributed by atoms with van der Waals surface area (Å²) in [6.07, 6.45) is 5.36. The molecule has 2 N–H and O–H groups in total. The number of aromatic nitrogens is 1. The topological polar surface area (TPSA) is 58.0 Å². The Morgan fingerprint density at radius 3 is 3.06 bits per heavy atom. The van der Waals surface area contributed by atoms with Crippen LogP contribution >= 0.6 is 0 Å². The average Bonchev–Trinajstić information content (AvgIpc) is 2.63. The molecule has 1 fully saturated rings. The highest BCUT2D eigenvalue weighted by Gasteiger charge is 2.19. The molecule has 1 aliphatic carbocycles. The Morgan fingerprint density at radius 1 is 1.50 bits per heavy atom. The first kappa shape index (κ1) is 11.4. The number of hydrogen-bond acceptors (Lipinski definition) is 3. The fourth-order valence-electron chi connectivity index (χ4n) is 2.61. The van der Waals surface area contributed by atoms with Gasteiger partial charge in [-0.05, 0) is 37.5 Å². The fraction of sp³-hybridized carbons (Fsp3) is 0.500. The lowest BCUT2D eigenvalue weighted by Gasteiger charge is -2.28. The van der Waals surface area contributed by atoms with Gasteiger partial charge >= 0.3 is 5.76 Å². The van der Waals surface area contributed by atoms with E-state index >= 15 is 0 Å². The van der Waals surface area contributed by atoms with Crippen LogP contribution in [0.5, 0.6) is 0 Å². The lowest BCUT2D eigenvalue weighted by Crippen LogP contribution is -2.23. The molecule has 0 radical (unpaired) electrons. The molecule has 1 aliphatic rings. The van der Waals surface area contributed by atoms with Crippen LogP contribution < -0.4 is 11.1 Å². The van der Waals surface area contributed by atoms with Crippen molar-refractivity contribution in [3.8, 4) is 0 Å². The van der Waals surface area contributed by atoms with Gasteiger partial charge in [-0.15, -0.1) is 0 Å². The summed E-state index contributed by atoms with van der Waals surface area (Å²) in [6.45, 7) is 2.21. The van der Waals surface area contributed by atoms with Gasteiger partial charge in [0.15, 0.2) is 5.58 Å². The number of anilines is 1. The molecule has 1 aromatic heterocycles. The van der Waals surface area contributed by atoms with Gasteiger partial charge in [0.2, 0.25) is 0 Å². The van der Waals surface area contributed by atoms with Gasteiger partial charge in [0.05, 0.1) is 5.52 Å². The van der Waals surface area contributed by atoms with Crippen molar-refractivity contribution in [2.75, 3.05) is 5.32 Å². The summed E-state index contributed by atoms with van der Waals surface area (Å²) in [5.41, 5.74) is 2.39. The van der Waals surface area contributed by atoms with E-state index in [2.05, 4.69) is 17.2 Å². The smallest absolute Gasteiger partial charge is 0.408 e. The Balaban J connectivity index is 1.71. The van der Waals surface area contributed by atoms with Crippen molar-refractivity contribution in [1.82, 2.24) is 4.98 Å². The molecule has 1 heterocycles. The maximum atomic E-state index is 11.1. The van der Waals surface area contributed by atoms with Crippen LogP contribution in [0.25, 0.3) is 11.1 Å². The summed E-state index contributed by atoms with van der Waals surface area (Å²) in [5.74, 6) is 0.495.